The van der Waals surface area contributed by atoms with Gasteiger partial charge in [0.2, 0.25) is 11.8 Å². The summed E-state index contributed by atoms with van der Waals surface area (Å²) in [6.07, 6.45) is 1.02. The molecule has 0 aromatic heterocycles. The summed E-state index contributed by atoms with van der Waals surface area (Å²) in [6, 6.07) is 19.6. The molecule has 0 saturated heterocycles. The first-order chi connectivity index (χ1) is 18.6. The number of sulfonamides is 1. The van der Waals surface area contributed by atoms with E-state index >= 15 is 0 Å². The second kappa shape index (κ2) is 13.4. The first-order valence-corrected chi connectivity index (χ1v) is 14.5. The Kier molecular flexibility index (Phi) is 10.2. The lowest BCUT2D eigenvalue weighted by atomic mass is 10.1. The predicted molar refractivity (Wildman–Crippen MR) is 151 cm³/mol. The van der Waals surface area contributed by atoms with Crippen LogP contribution in [0.5, 0.6) is 0 Å². The maximum Gasteiger partial charge on any atom is 0.264 e. The fourth-order valence-corrected chi connectivity index (χ4v) is 5.70. The number of rotatable bonds is 12. The number of nitrogens with one attached hydrogen (secondary N) is 1. The lowest BCUT2D eigenvalue weighted by molar-refractivity contribution is -0.140. The molecule has 39 heavy (non-hydrogen) atoms. The number of hydrogen-bond donors (Lipinski definition) is 1. The topological polar surface area (TPSA) is 86.8 Å². The van der Waals surface area contributed by atoms with Gasteiger partial charge in [-0.1, -0.05) is 74.0 Å². The molecular formula is C30H36FN3O4S. The maximum atomic E-state index is 15.0. The van der Waals surface area contributed by atoms with E-state index in [0.717, 1.165) is 21.5 Å². The van der Waals surface area contributed by atoms with Gasteiger partial charge in [-0.2, -0.15) is 0 Å². The number of anilines is 1. The Morgan fingerprint density at radius 3 is 2.21 bits per heavy atom. The number of carbonyl (C=O) groups is 2. The number of amides is 2. The summed E-state index contributed by atoms with van der Waals surface area (Å²) in [6.45, 7) is 6.95. The van der Waals surface area contributed by atoms with Crippen molar-refractivity contribution in [3.05, 3.63) is 95.8 Å². The lowest BCUT2D eigenvalue weighted by Gasteiger charge is -2.33. The molecule has 0 aliphatic rings. The Labute approximate surface area is 230 Å². The highest BCUT2D eigenvalue weighted by Crippen LogP contribution is 2.27. The zero-order chi connectivity index (χ0) is 28.6. The fraction of sp³-hybridized carbons (Fsp3) is 0.333. The largest absolute Gasteiger partial charge is 0.352 e. The van der Waals surface area contributed by atoms with E-state index in [1.807, 2.05) is 45.0 Å². The van der Waals surface area contributed by atoms with Crippen LogP contribution >= 0.6 is 0 Å². The number of hydrogen-bond acceptors (Lipinski definition) is 4. The minimum atomic E-state index is -4.32. The highest BCUT2D eigenvalue weighted by Gasteiger charge is 2.34. The number of para-hydroxylation sites is 1. The van der Waals surface area contributed by atoms with Crippen LogP contribution in [0.1, 0.15) is 44.7 Å². The van der Waals surface area contributed by atoms with Gasteiger partial charge in [-0.3, -0.25) is 13.9 Å². The summed E-state index contributed by atoms with van der Waals surface area (Å²) in [4.78, 5) is 28.6. The van der Waals surface area contributed by atoms with Gasteiger partial charge in [0.25, 0.3) is 10.0 Å². The van der Waals surface area contributed by atoms with Gasteiger partial charge < -0.3 is 10.2 Å². The van der Waals surface area contributed by atoms with Crippen LogP contribution in [0.3, 0.4) is 0 Å². The number of carbonyl (C=O) groups excluding carboxylic acids is 2. The lowest BCUT2D eigenvalue weighted by Crippen LogP contribution is -2.53. The van der Waals surface area contributed by atoms with Gasteiger partial charge in [-0.15, -0.1) is 0 Å². The van der Waals surface area contributed by atoms with Gasteiger partial charge in [-0.25, -0.2) is 12.8 Å². The molecule has 0 spiro atoms. The molecule has 3 aromatic carbocycles. The van der Waals surface area contributed by atoms with Crippen LogP contribution < -0.4 is 9.62 Å². The van der Waals surface area contributed by atoms with Crippen LogP contribution in [0, 0.1) is 12.7 Å². The Balaban J connectivity index is 2.06. The fourth-order valence-electron chi connectivity index (χ4n) is 4.25. The standard InChI is InChI=1S/C30H36FN3O4S/c1-5-23(4)32-30(36)27(6-2)33(20-24-14-12-13-22(3)19-24)29(35)21-34(28-18-11-10-17-26(28)31)39(37,38)25-15-8-7-9-16-25/h7-19,23,27H,5-6,20-21H2,1-4H3,(H,32,36)/t23-,27+/m0/s1. The van der Waals surface area contributed by atoms with Gasteiger partial charge in [0, 0.05) is 12.6 Å². The molecule has 2 amide bonds. The molecule has 0 fully saturated rings. The monoisotopic (exact) mass is 553 g/mol. The van der Waals surface area contributed by atoms with Crippen LogP contribution in [-0.4, -0.2) is 43.8 Å². The van der Waals surface area contributed by atoms with E-state index in [4.69, 9.17) is 0 Å². The van der Waals surface area contributed by atoms with Crippen molar-refractivity contribution in [3.63, 3.8) is 0 Å². The van der Waals surface area contributed by atoms with E-state index in [0.29, 0.717) is 12.8 Å². The summed E-state index contributed by atoms with van der Waals surface area (Å²) in [7, 11) is -4.32. The van der Waals surface area contributed by atoms with Crippen molar-refractivity contribution in [1.82, 2.24) is 10.2 Å². The van der Waals surface area contributed by atoms with Gasteiger partial charge in [-0.05, 0) is 56.5 Å². The zero-order valence-electron chi connectivity index (χ0n) is 22.8. The van der Waals surface area contributed by atoms with Crippen molar-refractivity contribution in [2.24, 2.45) is 0 Å². The molecule has 0 saturated carbocycles. The van der Waals surface area contributed by atoms with Crippen molar-refractivity contribution in [1.29, 1.82) is 0 Å². The average Bonchev–Trinajstić information content (AvgIpc) is 2.92. The Morgan fingerprint density at radius 2 is 1.59 bits per heavy atom. The maximum absolute atomic E-state index is 15.0. The first kappa shape index (κ1) is 29.8. The molecule has 7 nitrogen and oxygen atoms in total. The van der Waals surface area contributed by atoms with Crippen molar-refractivity contribution in [2.75, 3.05) is 10.8 Å². The average molecular weight is 554 g/mol. The van der Waals surface area contributed by atoms with Crippen LogP contribution in [0.15, 0.2) is 83.8 Å². The molecule has 0 heterocycles. The molecule has 0 aliphatic carbocycles. The quantitative estimate of drug-likeness (QED) is 0.340. The van der Waals surface area contributed by atoms with Gasteiger partial charge in [0.05, 0.1) is 10.6 Å². The second-order valence-electron chi connectivity index (χ2n) is 9.53. The van der Waals surface area contributed by atoms with Gasteiger partial charge >= 0.3 is 0 Å². The number of nitrogens with zero attached hydrogens (tertiary/aromatic N) is 2. The Morgan fingerprint density at radius 1 is 0.923 bits per heavy atom. The molecular weight excluding hydrogens is 517 g/mol. The van der Waals surface area contributed by atoms with Crippen molar-refractivity contribution in [2.45, 2.75) is 64.1 Å². The molecule has 0 bridgehead atoms. The second-order valence-corrected chi connectivity index (χ2v) is 11.4. The molecule has 0 unspecified atom stereocenters. The predicted octanol–water partition coefficient (Wildman–Crippen LogP) is 5.05. The van der Waals surface area contributed by atoms with E-state index in [-0.39, 0.29) is 29.1 Å². The minimum Gasteiger partial charge on any atom is -0.352 e. The normalized spacial score (nSPS) is 12.8. The molecule has 3 aromatic rings. The van der Waals surface area contributed by atoms with Crippen LogP contribution in [-0.2, 0) is 26.2 Å². The molecule has 0 aliphatic heterocycles. The summed E-state index contributed by atoms with van der Waals surface area (Å²) >= 11 is 0. The summed E-state index contributed by atoms with van der Waals surface area (Å²) in [5, 5.41) is 2.94. The zero-order valence-corrected chi connectivity index (χ0v) is 23.6. The number of aryl methyl sites for hydroxylation is 1. The van der Waals surface area contributed by atoms with Crippen molar-refractivity contribution < 1.29 is 22.4 Å². The SMILES string of the molecule is CC[C@H](C(=O)N[C@@H](C)CC)N(Cc1cccc(C)c1)C(=O)CN(c1ccccc1F)S(=O)(=O)c1ccccc1. The molecule has 0 radical (unpaired) electrons. The van der Waals surface area contributed by atoms with E-state index in [2.05, 4.69) is 5.32 Å². The third kappa shape index (κ3) is 7.44. The van der Waals surface area contributed by atoms with E-state index < -0.39 is 34.3 Å². The molecule has 1 N–H and O–H groups in total. The summed E-state index contributed by atoms with van der Waals surface area (Å²) < 4.78 is 43.2. The minimum absolute atomic E-state index is 0.0761. The molecule has 208 valence electrons. The molecule has 9 heteroatoms. The van der Waals surface area contributed by atoms with Crippen molar-refractivity contribution >= 4 is 27.5 Å². The van der Waals surface area contributed by atoms with Crippen LogP contribution in [0.4, 0.5) is 10.1 Å². The van der Waals surface area contributed by atoms with Gasteiger partial charge in [0.15, 0.2) is 0 Å². The van der Waals surface area contributed by atoms with Gasteiger partial charge in [0.1, 0.15) is 18.4 Å². The number of benzene rings is 3. The first-order valence-electron chi connectivity index (χ1n) is 13.1. The van der Waals surface area contributed by atoms with E-state index in [1.54, 1.807) is 25.1 Å². The number of halogens is 1. The Bertz CT molecular complexity index is 1380. The van der Waals surface area contributed by atoms with E-state index in [1.165, 1.54) is 35.2 Å². The molecule has 2 atom stereocenters. The van der Waals surface area contributed by atoms with Crippen molar-refractivity contribution in [3.8, 4) is 0 Å². The summed E-state index contributed by atoms with van der Waals surface area (Å²) in [5.41, 5.74) is 1.53. The smallest absolute Gasteiger partial charge is 0.264 e. The molecule has 3 rings (SSSR count). The van der Waals surface area contributed by atoms with E-state index in [9.17, 15) is 22.4 Å². The highest BCUT2D eigenvalue weighted by atomic mass is 32.2. The third-order valence-electron chi connectivity index (χ3n) is 6.55. The third-order valence-corrected chi connectivity index (χ3v) is 8.33. The van der Waals surface area contributed by atoms with Crippen LogP contribution in [0.2, 0.25) is 0 Å². The van der Waals surface area contributed by atoms with Crippen LogP contribution in [0.25, 0.3) is 0 Å². The highest BCUT2D eigenvalue weighted by molar-refractivity contribution is 7.92. The Hall–Kier alpha value is -3.72. The summed E-state index contributed by atoms with van der Waals surface area (Å²) in [5.74, 6) is -1.72.